The first-order chi connectivity index (χ1) is 20.5. The summed E-state index contributed by atoms with van der Waals surface area (Å²) in [6.45, 7) is -0.508. The number of carbonyl (C=O) groups is 3. The highest BCUT2D eigenvalue weighted by atomic mass is 32.2. The van der Waals surface area contributed by atoms with Gasteiger partial charge in [-0.25, -0.2) is 19.2 Å². The lowest BCUT2D eigenvalue weighted by molar-refractivity contribution is -0.143. The molecule has 43 heavy (non-hydrogen) atoms. The molecule has 1 unspecified atom stereocenters. The van der Waals surface area contributed by atoms with Crippen molar-refractivity contribution in [1.82, 2.24) is 14.9 Å². The molecule has 1 saturated heterocycles. The Morgan fingerprint density at radius 1 is 1.09 bits per heavy atom. The van der Waals surface area contributed by atoms with Crippen molar-refractivity contribution in [3.8, 4) is 5.75 Å². The molecule has 2 atom stereocenters. The van der Waals surface area contributed by atoms with E-state index < -0.39 is 63.9 Å². The molecule has 1 aliphatic heterocycles. The molecule has 0 radical (unpaired) electrons. The Kier molecular flexibility index (Phi) is 10.4. The minimum Gasteiger partial charge on any atom is -0.435 e. The number of ether oxygens (including phenoxy) is 2. The summed E-state index contributed by atoms with van der Waals surface area (Å²) >= 11 is 0. The molecule has 15 heteroatoms. The minimum absolute atomic E-state index is 0.0367. The molecule has 3 aromatic rings. The van der Waals surface area contributed by atoms with E-state index in [0.717, 1.165) is 0 Å². The average Bonchev–Trinajstić information content (AvgIpc) is 3.42. The van der Waals surface area contributed by atoms with Gasteiger partial charge in [-0.3, -0.25) is 19.4 Å². The number of hydrogen-bond donors (Lipinski definition) is 1. The first-order valence-electron chi connectivity index (χ1n) is 13.5. The van der Waals surface area contributed by atoms with Crippen molar-refractivity contribution in [2.75, 3.05) is 32.1 Å². The topological polar surface area (TPSA) is 162 Å². The summed E-state index contributed by atoms with van der Waals surface area (Å²) in [5, 5.41) is 0.623. The lowest BCUT2D eigenvalue weighted by atomic mass is 10.0. The summed E-state index contributed by atoms with van der Waals surface area (Å²) in [5.74, 6) is 0.329. The lowest BCUT2D eigenvalue weighted by Gasteiger charge is -2.31. The number of aromatic nitrogens is 1. The number of benzene rings is 2. The van der Waals surface area contributed by atoms with Gasteiger partial charge in [-0.05, 0) is 24.6 Å². The van der Waals surface area contributed by atoms with Crippen LogP contribution in [0.2, 0.25) is 0 Å². The zero-order chi connectivity index (χ0) is 31.1. The average molecular weight is 623 g/mol. The second-order valence-electron chi connectivity index (χ2n) is 9.96. The number of hydrogen-bond acceptors (Lipinski definition) is 10. The summed E-state index contributed by atoms with van der Waals surface area (Å²) < 4.78 is 67.7. The van der Waals surface area contributed by atoms with Crippen LogP contribution in [0.25, 0.3) is 11.1 Å². The van der Waals surface area contributed by atoms with Gasteiger partial charge < -0.3 is 18.8 Å². The number of nitrogens with zero attached hydrogens (tertiary/aromatic N) is 3. The van der Waals surface area contributed by atoms with Crippen molar-refractivity contribution in [3.05, 3.63) is 60.0 Å². The number of fused-ring (bicyclic) bond motifs is 1. The van der Waals surface area contributed by atoms with Crippen LogP contribution in [0.3, 0.4) is 0 Å². The van der Waals surface area contributed by atoms with Crippen LogP contribution in [-0.2, 0) is 29.9 Å². The van der Waals surface area contributed by atoms with Crippen LogP contribution in [0.4, 0.5) is 8.78 Å². The molecule has 2 amide bonds. The van der Waals surface area contributed by atoms with E-state index in [2.05, 4.69) is 9.72 Å². The highest BCUT2D eigenvalue weighted by molar-refractivity contribution is 7.90. The van der Waals surface area contributed by atoms with E-state index in [1.165, 1.54) is 29.2 Å². The summed E-state index contributed by atoms with van der Waals surface area (Å²) in [6, 6.07) is 10.8. The van der Waals surface area contributed by atoms with Gasteiger partial charge in [-0.1, -0.05) is 37.3 Å². The molecule has 4 rings (SSSR count). The Morgan fingerprint density at radius 3 is 2.44 bits per heavy atom. The van der Waals surface area contributed by atoms with Crippen LogP contribution in [0.5, 0.6) is 5.75 Å². The summed E-state index contributed by atoms with van der Waals surface area (Å²) in [5.41, 5.74) is 0.731. The maximum absolute atomic E-state index is 13.7. The number of rotatable bonds is 13. The van der Waals surface area contributed by atoms with Crippen molar-refractivity contribution in [1.29, 1.82) is 0 Å². The van der Waals surface area contributed by atoms with Crippen LogP contribution in [0.15, 0.2) is 52.9 Å². The van der Waals surface area contributed by atoms with Gasteiger partial charge >= 0.3 is 6.61 Å². The molecular formula is C28H32F2N4O8S. The third-order valence-corrected chi connectivity index (χ3v) is 8.60. The van der Waals surface area contributed by atoms with Gasteiger partial charge in [0.25, 0.3) is 5.89 Å². The van der Waals surface area contributed by atoms with Gasteiger partial charge in [-0.2, -0.15) is 8.78 Å². The Labute approximate surface area is 246 Å². The third kappa shape index (κ3) is 8.12. The Balaban J connectivity index is 1.58. The normalized spacial score (nSPS) is 15.3. The maximum Gasteiger partial charge on any atom is 0.387 e. The smallest absolute Gasteiger partial charge is 0.387 e. The van der Waals surface area contributed by atoms with Crippen LogP contribution < -0.4 is 10.6 Å². The molecular weight excluding hydrogens is 590 g/mol. The molecule has 0 saturated carbocycles. The number of alkyl halides is 2. The largest absolute Gasteiger partial charge is 0.435 e. The molecule has 12 nitrogen and oxygen atoms in total. The predicted octanol–water partition coefficient (Wildman–Crippen LogP) is 2.57. The molecule has 0 aliphatic carbocycles. The minimum atomic E-state index is -4.21. The standard InChI is InChI=1S/C28H32F2N4O8S/c1-2-21(25(36)26-32-20-8-4-6-10-23(20)41-26)34(31)27(37)19(15-24(35)33-11-13-40-14-12-33)17-43(38,39)16-18-7-3-5-9-22(18)42-28(29)30/h3-10,19,21,28H,2,11-17,31H2,1H3/t19?,21-/m0/s1. The van der Waals surface area contributed by atoms with Gasteiger partial charge in [0.1, 0.15) is 17.3 Å². The van der Waals surface area contributed by atoms with Crippen LogP contribution in [-0.4, -0.2) is 85.6 Å². The van der Waals surface area contributed by atoms with Gasteiger partial charge in [-0.15, -0.1) is 0 Å². The Morgan fingerprint density at radius 2 is 1.77 bits per heavy atom. The van der Waals surface area contributed by atoms with Crippen molar-refractivity contribution >= 4 is 38.5 Å². The van der Waals surface area contributed by atoms with Gasteiger partial charge in [0.2, 0.25) is 17.6 Å². The van der Waals surface area contributed by atoms with Crippen molar-refractivity contribution in [3.63, 3.8) is 0 Å². The molecule has 2 heterocycles. The molecule has 2 aromatic carbocycles. The highest BCUT2D eigenvalue weighted by Gasteiger charge is 2.37. The fourth-order valence-corrected chi connectivity index (χ4v) is 6.50. The number of hydrazine groups is 1. The van der Waals surface area contributed by atoms with E-state index in [1.54, 1.807) is 31.2 Å². The maximum atomic E-state index is 13.7. The van der Waals surface area contributed by atoms with Crippen LogP contribution >= 0.6 is 0 Å². The van der Waals surface area contributed by atoms with Crippen molar-refractivity contribution in [2.24, 2.45) is 11.8 Å². The van der Waals surface area contributed by atoms with Gasteiger partial charge in [0.05, 0.1) is 30.6 Å². The number of carbonyl (C=O) groups excluding carboxylic acids is 3. The summed E-state index contributed by atoms with van der Waals surface area (Å²) in [7, 11) is -4.21. The Bertz CT molecular complexity index is 1530. The predicted molar refractivity (Wildman–Crippen MR) is 150 cm³/mol. The molecule has 1 aromatic heterocycles. The number of ketones is 1. The molecule has 1 aliphatic rings. The number of Topliss-reactive ketones (excluding diaryl/α,β-unsaturated/α-hetero) is 1. The van der Waals surface area contributed by atoms with Crippen LogP contribution in [0.1, 0.15) is 36.0 Å². The highest BCUT2D eigenvalue weighted by Crippen LogP contribution is 2.25. The number of oxazole rings is 1. The fourth-order valence-electron chi connectivity index (χ4n) is 4.80. The summed E-state index contributed by atoms with van der Waals surface area (Å²) in [4.78, 5) is 45.8. The lowest BCUT2D eigenvalue weighted by Crippen LogP contribution is -2.53. The van der Waals surface area contributed by atoms with E-state index in [0.29, 0.717) is 16.1 Å². The monoisotopic (exact) mass is 622 g/mol. The number of morpholine rings is 1. The number of para-hydroxylation sites is 3. The molecule has 2 N–H and O–H groups in total. The van der Waals surface area contributed by atoms with Crippen molar-refractivity contribution in [2.45, 2.75) is 38.2 Å². The quantitative estimate of drug-likeness (QED) is 0.130. The second kappa shape index (κ2) is 14.0. The van der Waals surface area contributed by atoms with E-state index in [4.69, 9.17) is 15.0 Å². The fraction of sp³-hybridized carbons (Fsp3) is 0.429. The SMILES string of the molecule is CC[C@@H](C(=O)c1nc2ccccc2o1)N(N)C(=O)C(CC(=O)N1CCOCC1)CS(=O)(=O)Cc1ccccc1OC(F)F. The molecule has 232 valence electrons. The van der Waals surface area contributed by atoms with Crippen molar-refractivity contribution < 1.29 is 45.5 Å². The number of nitrogens with two attached hydrogens (primary N) is 1. The first-order valence-corrected chi connectivity index (χ1v) is 15.4. The first kappa shape index (κ1) is 32.0. The molecule has 0 spiro atoms. The van der Waals surface area contributed by atoms with E-state index in [9.17, 15) is 31.6 Å². The summed E-state index contributed by atoms with van der Waals surface area (Å²) in [6.07, 6.45) is -0.483. The number of sulfone groups is 1. The molecule has 1 fully saturated rings. The van der Waals surface area contributed by atoms with E-state index in [-0.39, 0.29) is 49.9 Å². The third-order valence-electron chi connectivity index (χ3n) is 6.94. The van der Waals surface area contributed by atoms with Gasteiger partial charge in [0.15, 0.2) is 15.4 Å². The second-order valence-corrected chi connectivity index (χ2v) is 12.1. The van der Waals surface area contributed by atoms with E-state index in [1.807, 2.05) is 0 Å². The zero-order valence-corrected chi connectivity index (χ0v) is 24.2. The zero-order valence-electron chi connectivity index (χ0n) is 23.4. The number of amides is 2. The molecule has 0 bridgehead atoms. The van der Waals surface area contributed by atoms with Crippen LogP contribution in [0, 0.1) is 5.92 Å². The van der Waals surface area contributed by atoms with Gasteiger partial charge in [0, 0.05) is 25.1 Å². The Hall–Kier alpha value is -3.95. The number of halogens is 2. The van der Waals surface area contributed by atoms with E-state index >= 15 is 0 Å².